The van der Waals surface area contributed by atoms with E-state index in [0.717, 1.165) is 12.8 Å². The van der Waals surface area contributed by atoms with Crippen LogP contribution < -0.4 is 0 Å². The molecule has 1 aliphatic rings. The van der Waals surface area contributed by atoms with Crippen molar-refractivity contribution in [2.75, 3.05) is 0 Å². The minimum Gasteiger partial charge on any atom is -0.385 e. The van der Waals surface area contributed by atoms with Gasteiger partial charge in [-0.2, -0.15) is 0 Å². The first-order chi connectivity index (χ1) is 4.63. The molecule has 0 saturated heterocycles. The van der Waals surface area contributed by atoms with E-state index in [1.54, 1.807) is 0 Å². The molecule has 1 aliphatic carbocycles. The number of carbonyl (C=O) groups excluding carboxylic acids is 1. The molecular formula is C8H14O2. The highest BCUT2D eigenvalue weighted by Gasteiger charge is 2.31. The zero-order valence-electron chi connectivity index (χ0n) is 6.50. The zero-order chi connectivity index (χ0) is 7.72. The van der Waals surface area contributed by atoms with Crippen molar-refractivity contribution in [2.45, 2.75) is 32.8 Å². The van der Waals surface area contributed by atoms with E-state index >= 15 is 0 Å². The molecule has 0 bridgehead atoms. The molecule has 3 unspecified atom stereocenters. The molecular weight excluding hydrogens is 128 g/mol. The fraction of sp³-hybridized carbons (Fsp3) is 0.875. The lowest BCUT2D eigenvalue weighted by Gasteiger charge is -2.27. The summed E-state index contributed by atoms with van der Waals surface area (Å²) in [5, 5.41) is 9.27. The smallest absolute Gasteiger partial charge is 0.164 e. The Morgan fingerprint density at radius 3 is 2.50 bits per heavy atom. The molecule has 1 N–H and O–H groups in total. The van der Waals surface area contributed by atoms with Gasteiger partial charge in [-0.25, -0.2) is 0 Å². The average molecular weight is 142 g/mol. The number of rotatable bonds is 0. The normalized spacial score (nSPS) is 41.9. The van der Waals surface area contributed by atoms with Gasteiger partial charge in [-0.3, -0.25) is 4.79 Å². The molecule has 1 fully saturated rings. The standard InChI is InChI=1S/C8H14O2/c1-5-3-4-6(2)8(10)7(5)9/h5-7,9H,3-4H2,1-2H3. The van der Waals surface area contributed by atoms with Crippen LogP contribution in [0.4, 0.5) is 0 Å². The van der Waals surface area contributed by atoms with E-state index < -0.39 is 6.10 Å². The van der Waals surface area contributed by atoms with Crippen molar-refractivity contribution >= 4 is 5.78 Å². The van der Waals surface area contributed by atoms with Crippen LogP contribution in [0.5, 0.6) is 0 Å². The second-order valence-electron chi connectivity index (χ2n) is 3.30. The predicted molar refractivity (Wildman–Crippen MR) is 38.6 cm³/mol. The summed E-state index contributed by atoms with van der Waals surface area (Å²) in [5.74, 6) is 0.272. The van der Waals surface area contributed by atoms with Gasteiger partial charge in [0.15, 0.2) is 5.78 Å². The van der Waals surface area contributed by atoms with Gasteiger partial charge in [0.05, 0.1) is 0 Å². The summed E-state index contributed by atoms with van der Waals surface area (Å²) in [6, 6.07) is 0. The number of hydrogen-bond acceptors (Lipinski definition) is 2. The predicted octanol–water partition coefficient (Wildman–Crippen LogP) is 0.982. The van der Waals surface area contributed by atoms with Gasteiger partial charge < -0.3 is 5.11 Å². The first-order valence-corrected chi connectivity index (χ1v) is 3.84. The molecule has 1 saturated carbocycles. The molecule has 58 valence electrons. The van der Waals surface area contributed by atoms with Crippen molar-refractivity contribution in [3.63, 3.8) is 0 Å². The lowest BCUT2D eigenvalue weighted by Crippen LogP contribution is -2.36. The quantitative estimate of drug-likeness (QED) is 0.547. The molecule has 0 heterocycles. The van der Waals surface area contributed by atoms with Crippen LogP contribution in [-0.2, 0) is 4.79 Å². The number of aliphatic hydroxyl groups excluding tert-OH is 1. The van der Waals surface area contributed by atoms with Gasteiger partial charge in [-0.05, 0) is 18.8 Å². The molecule has 1 rings (SSSR count). The van der Waals surface area contributed by atoms with E-state index in [-0.39, 0.29) is 17.6 Å². The maximum absolute atomic E-state index is 11.1. The van der Waals surface area contributed by atoms with Gasteiger partial charge in [-0.1, -0.05) is 13.8 Å². The third kappa shape index (κ3) is 1.21. The molecule has 0 amide bonds. The Bertz CT molecular complexity index is 142. The van der Waals surface area contributed by atoms with Crippen molar-refractivity contribution in [2.24, 2.45) is 11.8 Å². The highest BCUT2D eigenvalue weighted by molar-refractivity contribution is 5.85. The maximum Gasteiger partial charge on any atom is 0.164 e. The molecule has 2 heteroatoms. The van der Waals surface area contributed by atoms with Gasteiger partial charge in [-0.15, -0.1) is 0 Å². The summed E-state index contributed by atoms with van der Waals surface area (Å²) < 4.78 is 0. The van der Waals surface area contributed by atoms with E-state index in [4.69, 9.17) is 0 Å². The summed E-state index contributed by atoms with van der Waals surface area (Å²) in [7, 11) is 0. The van der Waals surface area contributed by atoms with Crippen molar-refractivity contribution in [3.8, 4) is 0 Å². The SMILES string of the molecule is CC1CCC(C)C(O)C1=O. The Kier molecular flexibility index (Phi) is 2.09. The third-order valence-electron chi connectivity index (χ3n) is 2.37. The molecule has 0 aromatic rings. The molecule has 3 atom stereocenters. The third-order valence-corrected chi connectivity index (χ3v) is 2.37. The van der Waals surface area contributed by atoms with Crippen LogP contribution in [0, 0.1) is 11.8 Å². The van der Waals surface area contributed by atoms with Crippen LogP contribution in [0.2, 0.25) is 0 Å². The number of Topliss-reactive ketones (excluding diaryl/α,β-unsaturated/α-hetero) is 1. The van der Waals surface area contributed by atoms with E-state index in [9.17, 15) is 9.90 Å². The van der Waals surface area contributed by atoms with Crippen LogP contribution >= 0.6 is 0 Å². The van der Waals surface area contributed by atoms with Gasteiger partial charge in [0.2, 0.25) is 0 Å². The Morgan fingerprint density at radius 2 is 2.00 bits per heavy atom. The van der Waals surface area contributed by atoms with Crippen LogP contribution in [0.25, 0.3) is 0 Å². The van der Waals surface area contributed by atoms with E-state index in [1.807, 2.05) is 13.8 Å². The van der Waals surface area contributed by atoms with Gasteiger partial charge in [0.1, 0.15) is 6.10 Å². The fourth-order valence-electron chi connectivity index (χ4n) is 1.38. The van der Waals surface area contributed by atoms with E-state index in [2.05, 4.69) is 0 Å². The topological polar surface area (TPSA) is 37.3 Å². The minimum absolute atomic E-state index is 0.0266. The highest BCUT2D eigenvalue weighted by atomic mass is 16.3. The number of carbonyl (C=O) groups is 1. The first kappa shape index (κ1) is 7.73. The fourth-order valence-corrected chi connectivity index (χ4v) is 1.38. The van der Waals surface area contributed by atoms with Gasteiger partial charge >= 0.3 is 0 Å². The van der Waals surface area contributed by atoms with Crippen LogP contribution in [0.15, 0.2) is 0 Å². The molecule has 0 radical (unpaired) electrons. The summed E-state index contributed by atoms with van der Waals surface area (Å²) in [4.78, 5) is 11.1. The van der Waals surface area contributed by atoms with Crippen LogP contribution in [0.1, 0.15) is 26.7 Å². The molecule has 2 nitrogen and oxygen atoms in total. The maximum atomic E-state index is 11.1. The number of ketones is 1. The lowest BCUT2D eigenvalue weighted by atomic mass is 9.81. The van der Waals surface area contributed by atoms with Crippen LogP contribution in [0.3, 0.4) is 0 Å². The molecule has 0 aliphatic heterocycles. The van der Waals surface area contributed by atoms with Crippen LogP contribution in [-0.4, -0.2) is 17.0 Å². The largest absolute Gasteiger partial charge is 0.385 e. The summed E-state index contributed by atoms with van der Waals surface area (Å²) in [6.45, 7) is 3.81. The summed E-state index contributed by atoms with van der Waals surface area (Å²) in [5.41, 5.74) is 0. The van der Waals surface area contributed by atoms with E-state index in [1.165, 1.54) is 0 Å². The highest BCUT2D eigenvalue weighted by Crippen LogP contribution is 2.25. The van der Waals surface area contributed by atoms with Gasteiger partial charge in [0, 0.05) is 5.92 Å². The van der Waals surface area contributed by atoms with Gasteiger partial charge in [0.25, 0.3) is 0 Å². The van der Waals surface area contributed by atoms with Crippen molar-refractivity contribution in [1.82, 2.24) is 0 Å². The average Bonchev–Trinajstić information content (AvgIpc) is 1.93. The Labute approximate surface area is 61.2 Å². The second kappa shape index (κ2) is 2.70. The molecule has 10 heavy (non-hydrogen) atoms. The van der Waals surface area contributed by atoms with Crippen molar-refractivity contribution < 1.29 is 9.90 Å². The number of aliphatic hydroxyl groups is 1. The summed E-state index contributed by atoms with van der Waals surface area (Å²) >= 11 is 0. The van der Waals surface area contributed by atoms with E-state index in [0.29, 0.717) is 0 Å². The number of hydrogen-bond donors (Lipinski definition) is 1. The molecule has 0 aromatic heterocycles. The summed E-state index contributed by atoms with van der Waals surface area (Å²) in [6.07, 6.45) is 1.23. The molecule has 0 aromatic carbocycles. The monoisotopic (exact) mass is 142 g/mol. The Morgan fingerprint density at radius 1 is 1.40 bits per heavy atom. The zero-order valence-corrected chi connectivity index (χ0v) is 6.50. The second-order valence-corrected chi connectivity index (χ2v) is 3.30. The Balaban J connectivity index is 2.60. The minimum atomic E-state index is -0.691. The van der Waals surface area contributed by atoms with Crippen molar-refractivity contribution in [3.05, 3.63) is 0 Å². The first-order valence-electron chi connectivity index (χ1n) is 3.84. The molecule has 0 spiro atoms. The Hall–Kier alpha value is -0.370. The lowest BCUT2D eigenvalue weighted by molar-refractivity contribution is -0.136. The van der Waals surface area contributed by atoms with Crippen molar-refractivity contribution in [1.29, 1.82) is 0 Å².